The molecule has 2 aromatic rings. The minimum absolute atomic E-state index is 0.0909. The van der Waals surface area contributed by atoms with Gasteiger partial charge in [0.1, 0.15) is 15.7 Å². The lowest BCUT2D eigenvalue weighted by Crippen LogP contribution is -2.35. The molecule has 0 aromatic heterocycles. The number of rotatable bonds is 5. The molecule has 0 saturated heterocycles. The van der Waals surface area contributed by atoms with Crippen LogP contribution in [0.4, 0.5) is 10.1 Å². The monoisotopic (exact) mass is 499 g/mol. The number of halogens is 5. The summed E-state index contributed by atoms with van der Waals surface area (Å²) in [6.07, 6.45) is 1.15. The largest absolute Gasteiger partial charge is 0.334 e. The average Bonchev–Trinajstić information content (AvgIpc) is 3.60. The molecule has 2 fully saturated rings. The zero-order valence-electron chi connectivity index (χ0n) is 15.7. The number of anilines is 1. The Kier molecular flexibility index (Phi) is 5.60. The number of nitrogens with zero attached hydrogens (tertiary/aromatic N) is 1. The fraction of sp³-hybridized carbons (Fsp3) is 0.286. The van der Waals surface area contributed by atoms with Crippen molar-refractivity contribution in [2.75, 3.05) is 5.32 Å². The molecular formula is C21H14Cl4FN3O2. The second-order valence-corrected chi connectivity index (χ2v) is 9.89. The number of carbonyl (C=O) groups is 2. The van der Waals surface area contributed by atoms with Crippen molar-refractivity contribution in [2.24, 2.45) is 5.92 Å². The number of hydrogen-bond acceptors (Lipinski definition) is 3. The van der Waals surface area contributed by atoms with Crippen molar-refractivity contribution in [3.05, 3.63) is 63.4 Å². The maximum absolute atomic E-state index is 13.4. The summed E-state index contributed by atoms with van der Waals surface area (Å²) >= 11 is 24.6. The van der Waals surface area contributed by atoms with Gasteiger partial charge in [-0.2, -0.15) is 5.26 Å². The van der Waals surface area contributed by atoms with Gasteiger partial charge in [0.15, 0.2) is 0 Å². The molecule has 0 radical (unpaired) electrons. The first kappa shape index (κ1) is 22.2. The SMILES string of the molecule is N#CC1(NC(=O)c2cc(NC(=O)C3C(c4ccc(F)c(Cl)c4)C3(Cl)Cl)ccc2Cl)CC1. The van der Waals surface area contributed by atoms with Crippen molar-refractivity contribution < 1.29 is 14.0 Å². The summed E-state index contributed by atoms with van der Waals surface area (Å²) in [4.78, 5) is 25.3. The van der Waals surface area contributed by atoms with E-state index in [4.69, 9.17) is 51.7 Å². The molecule has 2 N–H and O–H groups in total. The van der Waals surface area contributed by atoms with Crippen LogP contribution in [0.2, 0.25) is 10.0 Å². The predicted molar refractivity (Wildman–Crippen MR) is 117 cm³/mol. The maximum atomic E-state index is 13.4. The molecule has 2 aliphatic carbocycles. The van der Waals surface area contributed by atoms with E-state index < -0.39 is 39.3 Å². The molecule has 5 nitrogen and oxygen atoms in total. The summed E-state index contributed by atoms with van der Waals surface area (Å²) in [6, 6.07) is 10.5. The highest BCUT2D eigenvalue weighted by atomic mass is 35.5. The zero-order valence-corrected chi connectivity index (χ0v) is 18.7. The fourth-order valence-electron chi connectivity index (χ4n) is 3.44. The third kappa shape index (κ3) is 4.20. The Bertz CT molecular complexity index is 1140. The average molecular weight is 501 g/mol. The van der Waals surface area contributed by atoms with Crippen molar-refractivity contribution in [1.82, 2.24) is 5.32 Å². The van der Waals surface area contributed by atoms with Gasteiger partial charge in [0.05, 0.1) is 27.6 Å². The fourth-order valence-corrected chi connectivity index (χ4v) is 4.67. The van der Waals surface area contributed by atoms with Crippen molar-refractivity contribution in [2.45, 2.75) is 28.6 Å². The van der Waals surface area contributed by atoms with Crippen LogP contribution in [0.3, 0.4) is 0 Å². The van der Waals surface area contributed by atoms with Crippen LogP contribution in [0.15, 0.2) is 36.4 Å². The summed E-state index contributed by atoms with van der Waals surface area (Å²) in [5, 5.41) is 14.6. The standard InChI is InChI=1S/C21H14Cl4FN3O2/c22-13-3-2-11(8-12(13)18(30)29-20(9-27)5-6-20)28-19(31)17-16(21(17,24)25)10-1-4-15(26)14(23)7-10/h1-4,7-8,16-17H,5-6H2,(H,28,31)(H,29,30). The minimum atomic E-state index is -1.39. The molecule has 10 heteroatoms. The molecular weight excluding hydrogens is 487 g/mol. The minimum Gasteiger partial charge on any atom is -0.334 e. The highest BCUT2D eigenvalue weighted by Gasteiger charge is 2.67. The van der Waals surface area contributed by atoms with E-state index in [1.54, 1.807) is 0 Å². The molecule has 160 valence electrons. The Labute approximate surface area is 197 Å². The van der Waals surface area contributed by atoms with Gasteiger partial charge in [-0.3, -0.25) is 9.59 Å². The normalized spacial score (nSPS) is 22.2. The van der Waals surface area contributed by atoms with E-state index in [9.17, 15) is 14.0 Å². The van der Waals surface area contributed by atoms with Gasteiger partial charge in [-0.25, -0.2) is 4.39 Å². The van der Waals surface area contributed by atoms with Gasteiger partial charge >= 0.3 is 0 Å². The molecule has 4 rings (SSSR count). The highest BCUT2D eigenvalue weighted by molar-refractivity contribution is 6.53. The van der Waals surface area contributed by atoms with Gasteiger partial charge in [0.25, 0.3) is 5.91 Å². The van der Waals surface area contributed by atoms with Crippen molar-refractivity contribution in [3.8, 4) is 6.07 Å². The van der Waals surface area contributed by atoms with Crippen LogP contribution in [-0.4, -0.2) is 21.7 Å². The summed E-state index contributed by atoms with van der Waals surface area (Å²) in [5.74, 6) is -2.94. The van der Waals surface area contributed by atoms with Crippen LogP contribution in [-0.2, 0) is 4.79 Å². The summed E-state index contributed by atoms with van der Waals surface area (Å²) < 4.78 is 12.1. The first-order valence-corrected chi connectivity index (χ1v) is 10.8. The van der Waals surface area contributed by atoms with Crippen LogP contribution in [0.1, 0.15) is 34.7 Å². The van der Waals surface area contributed by atoms with Gasteiger partial charge < -0.3 is 10.6 Å². The molecule has 0 bridgehead atoms. The molecule has 31 heavy (non-hydrogen) atoms. The summed E-state index contributed by atoms with van der Waals surface area (Å²) in [7, 11) is 0. The summed E-state index contributed by atoms with van der Waals surface area (Å²) in [5.41, 5.74) is 0.127. The predicted octanol–water partition coefficient (Wildman–Crippen LogP) is 5.44. The summed E-state index contributed by atoms with van der Waals surface area (Å²) in [6.45, 7) is 0. The highest BCUT2D eigenvalue weighted by Crippen LogP contribution is 2.65. The second kappa shape index (κ2) is 7.83. The molecule has 2 aromatic carbocycles. The van der Waals surface area contributed by atoms with E-state index in [0.29, 0.717) is 24.1 Å². The Morgan fingerprint density at radius 1 is 1.10 bits per heavy atom. The topological polar surface area (TPSA) is 82.0 Å². The quantitative estimate of drug-likeness (QED) is 0.536. The van der Waals surface area contributed by atoms with Crippen molar-refractivity contribution >= 4 is 63.9 Å². The van der Waals surface area contributed by atoms with Crippen LogP contribution < -0.4 is 10.6 Å². The molecule has 2 unspecified atom stereocenters. The second-order valence-electron chi connectivity index (χ2n) is 7.64. The van der Waals surface area contributed by atoms with Crippen LogP contribution in [0.5, 0.6) is 0 Å². The smallest absolute Gasteiger partial charge is 0.254 e. The first-order chi connectivity index (χ1) is 14.6. The zero-order chi connectivity index (χ0) is 22.6. The number of benzene rings is 2. The van der Waals surface area contributed by atoms with Crippen LogP contribution in [0.25, 0.3) is 0 Å². The molecule has 0 spiro atoms. The van der Waals surface area contributed by atoms with E-state index in [0.717, 1.165) is 0 Å². The Balaban J connectivity index is 1.50. The lowest BCUT2D eigenvalue weighted by molar-refractivity contribution is -0.117. The number of amides is 2. The van der Waals surface area contributed by atoms with Crippen LogP contribution in [0, 0.1) is 23.1 Å². The van der Waals surface area contributed by atoms with Crippen molar-refractivity contribution in [1.29, 1.82) is 5.26 Å². The molecule has 2 aliphatic rings. The van der Waals surface area contributed by atoms with Crippen molar-refractivity contribution in [3.63, 3.8) is 0 Å². The van der Waals surface area contributed by atoms with Gasteiger partial charge in [0.2, 0.25) is 5.91 Å². The van der Waals surface area contributed by atoms with Gasteiger partial charge in [-0.1, -0.05) is 29.3 Å². The Hall–Kier alpha value is -2.04. The van der Waals surface area contributed by atoms with Gasteiger partial charge in [0, 0.05) is 11.6 Å². The molecule has 2 saturated carbocycles. The van der Waals surface area contributed by atoms with E-state index in [1.165, 1.54) is 36.4 Å². The number of nitriles is 1. The third-order valence-corrected chi connectivity index (χ3v) is 6.99. The van der Waals surface area contributed by atoms with E-state index in [-0.39, 0.29) is 15.6 Å². The van der Waals surface area contributed by atoms with Gasteiger partial charge in [-0.15, -0.1) is 23.2 Å². The van der Waals surface area contributed by atoms with E-state index in [1.807, 2.05) is 0 Å². The molecule has 2 amide bonds. The van der Waals surface area contributed by atoms with E-state index >= 15 is 0 Å². The number of carbonyl (C=O) groups excluding carboxylic acids is 2. The molecule has 2 atom stereocenters. The number of nitrogens with one attached hydrogen (secondary N) is 2. The Morgan fingerprint density at radius 3 is 2.42 bits per heavy atom. The van der Waals surface area contributed by atoms with E-state index in [2.05, 4.69) is 16.7 Å². The molecule has 0 heterocycles. The Morgan fingerprint density at radius 2 is 1.81 bits per heavy atom. The maximum Gasteiger partial charge on any atom is 0.254 e. The van der Waals surface area contributed by atoms with Crippen LogP contribution >= 0.6 is 46.4 Å². The molecule has 0 aliphatic heterocycles. The number of alkyl halides is 2. The van der Waals surface area contributed by atoms with Gasteiger partial charge in [-0.05, 0) is 48.7 Å². The lowest BCUT2D eigenvalue weighted by Gasteiger charge is -2.12. The third-order valence-electron chi connectivity index (χ3n) is 5.43. The lowest BCUT2D eigenvalue weighted by atomic mass is 10.1. The number of hydrogen-bond donors (Lipinski definition) is 2. The first-order valence-electron chi connectivity index (χ1n) is 9.25.